The molecule has 3 N–H and O–H groups in total. The van der Waals surface area contributed by atoms with E-state index in [0.29, 0.717) is 6.02 Å². The van der Waals surface area contributed by atoms with Crippen molar-refractivity contribution in [3.8, 4) is 11.1 Å². The highest BCUT2D eigenvalue weighted by atomic mass is 16.5. The molecule has 0 amide bonds. The number of hydrogen-bond donors (Lipinski definition) is 2. The second-order valence-corrected chi connectivity index (χ2v) is 6.86. The number of para-hydroxylation sites is 1. The molecule has 0 radical (unpaired) electrons. The van der Waals surface area contributed by atoms with Crippen molar-refractivity contribution in [3.05, 3.63) is 59.8 Å². The highest BCUT2D eigenvalue weighted by Crippen LogP contribution is 2.44. The fourth-order valence-electron chi connectivity index (χ4n) is 4.25. The average Bonchev–Trinajstić information content (AvgIpc) is 3.22. The van der Waals surface area contributed by atoms with E-state index in [4.69, 9.17) is 10.5 Å². The van der Waals surface area contributed by atoms with Crippen LogP contribution >= 0.6 is 0 Å². The minimum Gasteiger partial charge on any atom is -0.460 e. The Morgan fingerprint density at radius 1 is 1.12 bits per heavy atom. The number of aromatic nitrogens is 1. The van der Waals surface area contributed by atoms with E-state index in [-0.39, 0.29) is 11.6 Å². The third-order valence-corrected chi connectivity index (χ3v) is 5.52. The van der Waals surface area contributed by atoms with Crippen LogP contribution in [0.5, 0.6) is 0 Å². The number of nitrogens with zero attached hydrogens (tertiary/aromatic N) is 1. The number of amidine groups is 1. The average molecular weight is 317 g/mol. The van der Waals surface area contributed by atoms with Crippen molar-refractivity contribution in [2.45, 2.75) is 31.4 Å². The zero-order valence-corrected chi connectivity index (χ0v) is 13.5. The molecule has 2 aliphatic rings. The molecule has 2 atom stereocenters. The van der Waals surface area contributed by atoms with Gasteiger partial charge in [0.15, 0.2) is 0 Å². The molecule has 24 heavy (non-hydrogen) atoms. The van der Waals surface area contributed by atoms with Crippen LogP contribution in [0.15, 0.2) is 53.7 Å². The van der Waals surface area contributed by atoms with E-state index in [1.807, 2.05) is 0 Å². The Kier molecular flexibility index (Phi) is 2.64. The standard InChI is InChI=1S/C20H19N3O/c1-12-20(23-19(21)24-12)9-13-5-4-7-14(16(13)10-20)17-11-22-18-8-3-2-6-15(17)18/h2-8,11-12,22H,9-10H2,1H3,(H2,21,23). The molecule has 0 saturated heterocycles. The molecule has 1 aliphatic heterocycles. The summed E-state index contributed by atoms with van der Waals surface area (Å²) in [4.78, 5) is 8.05. The summed E-state index contributed by atoms with van der Waals surface area (Å²) in [6, 6.07) is 15.3. The molecule has 1 spiro atoms. The van der Waals surface area contributed by atoms with Crippen LogP contribution in [0.2, 0.25) is 0 Å². The van der Waals surface area contributed by atoms with Crippen LogP contribution in [0.1, 0.15) is 18.1 Å². The normalized spacial score (nSPS) is 25.0. The Hall–Kier alpha value is -2.75. The topological polar surface area (TPSA) is 63.4 Å². The van der Waals surface area contributed by atoms with Gasteiger partial charge in [0, 0.05) is 35.5 Å². The van der Waals surface area contributed by atoms with Crippen LogP contribution in [0.3, 0.4) is 0 Å². The third kappa shape index (κ3) is 1.77. The Morgan fingerprint density at radius 3 is 2.83 bits per heavy atom. The Labute approximate surface area is 140 Å². The first-order valence-electron chi connectivity index (χ1n) is 8.35. The molecule has 0 saturated carbocycles. The van der Waals surface area contributed by atoms with Crippen molar-refractivity contribution in [2.24, 2.45) is 10.7 Å². The number of hydrogen-bond acceptors (Lipinski definition) is 3. The van der Waals surface area contributed by atoms with Crippen molar-refractivity contribution in [2.75, 3.05) is 0 Å². The number of nitrogens with two attached hydrogens (primary N) is 1. The predicted molar refractivity (Wildman–Crippen MR) is 96.0 cm³/mol. The Bertz CT molecular complexity index is 987. The SMILES string of the molecule is CC1OC(N)=NC12Cc1cccc(-c3c[nH]c4ccccc34)c1C2. The van der Waals surface area contributed by atoms with Gasteiger partial charge in [-0.15, -0.1) is 0 Å². The molecule has 5 rings (SSSR count). The highest BCUT2D eigenvalue weighted by Gasteiger charge is 2.48. The van der Waals surface area contributed by atoms with Crippen molar-refractivity contribution < 1.29 is 4.74 Å². The zero-order valence-electron chi connectivity index (χ0n) is 13.5. The maximum absolute atomic E-state index is 5.84. The largest absolute Gasteiger partial charge is 0.460 e. The summed E-state index contributed by atoms with van der Waals surface area (Å²) in [5.41, 5.74) is 12.0. The number of ether oxygens (including phenoxy) is 1. The van der Waals surface area contributed by atoms with E-state index in [0.717, 1.165) is 18.4 Å². The minimum absolute atomic E-state index is 0.0146. The fourth-order valence-corrected chi connectivity index (χ4v) is 4.25. The number of aromatic amines is 1. The molecule has 3 aromatic rings. The summed E-state index contributed by atoms with van der Waals surface area (Å²) in [7, 11) is 0. The third-order valence-electron chi connectivity index (χ3n) is 5.52. The molecule has 0 fully saturated rings. The Morgan fingerprint density at radius 2 is 2.00 bits per heavy atom. The number of H-pyrrole nitrogens is 1. The summed E-state index contributed by atoms with van der Waals surface area (Å²) in [5, 5.41) is 1.26. The van der Waals surface area contributed by atoms with Gasteiger partial charge in [-0.05, 0) is 29.7 Å². The lowest BCUT2D eigenvalue weighted by molar-refractivity contribution is 0.157. The minimum atomic E-state index is -0.241. The monoisotopic (exact) mass is 317 g/mol. The number of benzene rings is 2. The second kappa shape index (κ2) is 4.63. The Balaban J connectivity index is 1.67. The van der Waals surface area contributed by atoms with Crippen LogP contribution in [-0.2, 0) is 17.6 Å². The van der Waals surface area contributed by atoms with Crippen LogP contribution < -0.4 is 5.73 Å². The molecule has 1 aromatic heterocycles. The van der Waals surface area contributed by atoms with Crippen molar-refractivity contribution >= 4 is 16.9 Å². The highest BCUT2D eigenvalue weighted by molar-refractivity contribution is 5.96. The van der Waals surface area contributed by atoms with Crippen LogP contribution in [-0.4, -0.2) is 22.6 Å². The predicted octanol–water partition coefficient (Wildman–Crippen LogP) is 3.41. The van der Waals surface area contributed by atoms with Crippen LogP contribution in [0.4, 0.5) is 0 Å². The maximum atomic E-state index is 5.84. The fraction of sp³-hybridized carbons (Fsp3) is 0.250. The van der Waals surface area contributed by atoms with Gasteiger partial charge in [0.25, 0.3) is 6.02 Å². The first kappa shape index (κ1) is 13.7. The van der Waals surface area contributed by atoms with E-state index < -0.39 is 0 Å². The first-order valence-corrected chi connectivity index (χ1v) is 8.35. The van der Waals surface area contributed by atoms with E-state index >= 15 is 0 Å². The van der Waals surface area contributed by atoms with Crippen molar-refractivity contribution in [3.63, 3.8) is 0 Å². The van der Waals surface area contributed by atoms with E-state index in [9.17, 15) is 0 Å². The van der Waals surface area contributed by atoms with Crippen LogP contribution in [0, 0.1) is 0 Å². The lowest BCUT2D eigenvalue weighted by Gasteiger charge is -2.23. The number of fused-ring (bicyclic) bond motifs is 2. The van der Waals surface area contributed by atoms with Crippen molar-refractivity contribution in [1.82, 2.24) is 4.98 Å². The first-order chi connectivity index (χ1) is 11.7. The van der Waals surface area contributed by atoms with Gasteiger partial charge in [-0.3, -0.25) is 0 Å². The molecule has 120 valence electrons. The molecule has 4 nitrogen and oxygen atoms in total. The molecular formula is C20H19N3O. The molecule has 2 aromatic carbocycles. The number of nitrogens with one attached hydrogen (secondary N) is 1. The summed E-state index contributed by atoms with van der Waals surface area (Å²) in [5.74, 6) is 0. The summed E-state index contributed by atoms with van der Waals surface area (Å²) < 4.78 is 5.65. The van der Waals surface area contributed by atoms with E-state index in [1.165, 1.54) is 27.6 Å². The van der Waals surface area contributed by atoms with Gasteiger partial charge < -0.3 is 15.5 Å². The molecule has 2 heterocycles. The number of rotatable bonds is 1. The quantitative estimate of drug-likeness (QED) is 0.722. The maximum Gasteiger partial charge on any atom is 0.282 e. The summed E-state index contributed by atoms with van der Waals surface area (Å²) in [6.45, 7) is 2.07. The lowest BCUT2D eigenvalue weighted by atomic mass is 9.90. The molecule has 4 heteroatoms. The van der Waals surface area contributed by atoms with Gasteiger partial charge in [-0.1, -0.05) is 36.4 Å². The smallest absolute Gasteiger partial charge is 0.282 e. The lowest BCUT2D eigenvalue weighted by Crippen LogP contribution is -2.36. The summed E-state index contributed by atoms with van der Waals surface area (Å²) in [6.07, 6.45) is 3.89. The van der Waals surface area contributed by atoms with E-state index in [1.54, 1.807) is 0 Å². The second-order valence-electron chi connectivity index (χ2n) is 6.86. The van der Waals surface area contributed by atoms with Gasteiger partial charge in [0.05, 0.1) is 0 Å². The van der Waals surface area contributed by atoms with Gasteiger partial charge in [0.2, 0.25) is 0 Å². The van der Waals surface area contributed by atoms with Gasteiger partial charge in [-0.25, -0.2) is 4.99 Å². The summed E-state index contributed by atoms with van der Waals surface area (Å²) >= 11 is 0. The number of aliphatic imine (C=N–C) groups is 1. The molecule has 0 bridgehead atoms. The molecule has 1 aliphatic carbocycles. The zero-order chi connectivity index (χ0) is 16.3. The molecule has 2 unspecified atom stereocenters. The van der Waals surface area contributed by atoms with Gasteiger partial charge in [0.1, 0.15) is 11.6 Å². The molecular weight excluding hydrogens is 298 g/mol. The van der Waals surface area contributed by atoms with Gasteiger partial charge >= 0.3 is 0 Å². The van der Waals surface area contributed by atoms with Crippen molar-refractivity contribution in [1.29, 1.82) is 0 Å². The van der Waals surface area contributed by atoms with Crippen LogP contribution in [0.25, 0.3) is 22.0 Å². The van der Waals surface area contributed by atoms with Gasteiger partial charge in [-0.2, -0.15) is 0 Å². The van der Waals surface area contributed by atoms with E-state index in [2.05, 4.69) is 65.6 Å².